The van der Waals surface area contributed by atoms with E-state index in [1.54, 1.807) is 19.2 Å². The van der Waals surface area contributed by atoms with Crippen LogP contribution in [-0.4, -0.2) is 18.0 Å². The second-order valence-electron chi connectivity index (χ2n) is 5.13. The van der Waals surface area contributed by atoms with E-state index in [0.29, 0.717) is 5.56 Å². The van der Waals surface area contributed by atoms with E-state index in [9.17, 15) is 4.79 Å². The lowest BCUT2D eigenvalue weighted by Crippen LogP contribution is -1.98. The fourth-order valence-electron chi connectivity index (χ4n) is 2.85. The van der Waals surface area contributed by atoms with E-state index >= 15 is 0 Å². The number of benzene rings is 2. The van der Waals surface area contributed by atoms with Gasteiger partial charge >= 0.3 is 0 Å². The number of carbonyl (C=O) groups excluding carboxylic acids is 1. The van der Waals surface area contributed by atoms with Crippen LogP contribution in [0.25, 0.3) is 22.2 Å². The van der Waals surface area contributed by atoms with E-state index in [0.717, 1.165) is 46.4 Å². The van der Waals surface area contributed by atoms with Crippen LogP contribution in [0.3, 0.4) is 0 Å². The number of nitrogens with zero attached hydrogens (tertiary/aromatic N) is 1. The molecule has 2 aromatic carbocycles. The van der Waals surface area contributed by atoms with Gasteiger partial charge in [0.2, 0.25) is 0 Å². The molecule has 0 aliphatic carbocycles. The first-order chi connectivity index (χ1) is 10.7. The van der Waals surface area contributed by atoms with Gasteiger partial charge in [-0.2, -0.15) is 0 Å². The van der Waals surface area contributed by atoms with Crippen molar-refractivity contribution in [1.29, 1.82) is 0 Å². The molecule has 0 aliphatic heterocycles. The molecule has 3 aromatic rings. The van der Waals surface area contributed by atoms with Gasteiger partial charge in [-0.15, -0.1) is 0 Å². The van der Waals surface area contributed by atoms with Crippen molar-refractivity contribution >= 4 is 22.9 Å². The molecule has 0 saturated carbocycles. The van der Waals surface area contributed by atoms with Crippen LogP contribution in [0.5, 0.6) is 5.75 Å². The summed E-state index contributed by atoms with van der Waals surface area (Å²) in [5.74, 6) is 0.787. The van der Waals surface area contributed by atoms with Crippen molar-refractivity contribution < 1.29 is 9.53 Å². The van der Waals surface area contributed by atoms with Crippen molar-refractivity contribution in [3.05, 3.63) is 48.0 Å². The average Bonchev–Trinajstić information content (AvgIpc) is 2.86. The summed E-state index contributed by atoms with van der Waals surface area (Å²) in [6.07, 6.45) is 0.841. The highest BCUT2D eigenvalue weighted by atomic mass is 16.5. The van der Waals surface area contributed by atoms with Crippen LogP contribution in [0.1, 0.15) is 17.3 Å². The van der Waals surface area contributed by atoms with E-state index < -0.39 is 0 Å². The third-order valence-corrected chi connectivity index (χ3v) is 3.95. The number of aromatic nitrogens is 1. The summed E-state index contributed by atoms with van der Waals surface area (Å²) >= 11 is 0. The number of fused-ring (bicyclic) bond motifs is 1. The zero-order chi connectivity index (χ0) is 15.7. The first-order valence-corrected chi connectivity index (χ1v) is 7.21. The van der Waals surface area contributed by atoms with Gasteiger partial charge in [0.15, 0.2) is 0 Å². The number of carbonyl (C=O) groups is 1. The first kappa shape index (κ1) is 14.2. The zero-order valence-corrected chi connectivity index (χ0v) is 12.7. The Kier molecular flexibility index (Phi) is 3.59. The Morgan fingerprint density at radius 2 is 1.91 bits per heavy atom. The number of rotatable bonds is 4. The Morgan fingerprint density at radius 1 is 1.18 bits per heavy atom. The lowest BCUT2D eigenvalue weighted by Gasteiger charge is -2.09. The Labute approximate surface area is 129 Å². The van der Waals surface area contributed by atoms with Gasteiger partial charge in [0.05, 0.1) is 24.0 Å². The monoisotopic (exact) mass is 294 g/mol. The molecule has 3 rings (SSSR count). The maximum absolute atomic E-state index is 10.8. The van der Waals surface area contributed by atoms with Crippen LogP contribution in [0.15, 0.2) is 42.5 Å². The molecule has 0 bridgehead atoms. The Hall–Kier alpha value is -2.75. The summed E-state index contributed by atoms with van der Waals surface area (Å²) in [4.78, 5) is 10.8. The average molecular weight is 294 g/mol. The number of hydrogen-bond acceptors (Lipinski definition) is 3. The number of aldehydes is 1. The number of hydrogen-bond donors (Lipinski definition) is 1. The summed E-state index contributed by atoms with van der Waals surface area (Å²) < 4.78 is 7.47. The Bertz CT molecular complexity index is 832. The molecule has 1 heterocycles. The molecule has 0 atom stereocenters. The van der Waals surface area contributed by atoms with Gasteiger partial charge in [0, 0.05) is 23.1 Å². The van der Waals surface area contributed by atoms with E-state index in [2.05, 4.69) is 11.5 Å². The molecule has 2 N–H and O–H groups in total. The first-order valence-electron chi connectivity index (χ1n) is 7.21. The van der Waals surface area contributed by atoms with Gasteiger partial charge in [0.1, 0.15) is 12.0 Å². The normalized spacial score (nSPS) is 10.8. The number of methoxy groups -OCH3 is 1. The summed E-state index contributed by atoms with van der Waals surface area (Å²) in [7, 11) is 1.65. The van der Waals surface area contributed by atoms with Gasteiger partial charge in [-0.25, -0.2) is 0 Å². The van der Waals surface area contributed by atoms with Crippen LogP contribution in [-0.2, 0) is 6.54 Å². The quantitative estimate of drug-likeness (QED) is 0.746. The Balaban J connectivity index is 2.27. The summed E-state index contributed by atoms with van der Waals surface area (Å²) in [6.45, 7) is 2.90. The molecule has 112 valence electrons. The van der Waals surface area contributed by atoms with Gasteiger partial charge in [0.25, 0.3) is 0 Å². The van der Waals surface area contributed by atoms with Crippen molar-refractivity contribution in [2.45, 2.75) is 13.5 Å². The minimum atomic E-state index is 0.656. The van der Waals surface area contributed by atoms with E-state index in [4.69, 9.17) is 10.5 Å². The standard InChI is InChI=1S/C18H18N2O2/c1-3-20-16-9-8-14(22-2)10-15(16)17(19)18(20)13-6-4-12(11-21)5-7-13/h4-11H,3,19H2,1-2H3. The highest BCUT2D eigenvalue weighted by Crippen LogP contribution is 2.37. The largest absolute Gasteiger partial charge is 0.497 e. The fraction of sp³-hybridized carbons (Fsp3) is 0.167. The molecule has 0 amide bonds. The number of nitrogen functional groups attached to an aromatic ring is 1. The van der Waals surface area contributed by atoms with Crippen molar-refractivity contribution in [2.75, 3.05) is 12.8 Å². The number of nitrogens with two attached hydrogens (primary N) is 1. The molecule has 4 heteroatoms. The van der Waals surface area contributed by atoms with E-state index in [-0.39, 0.29) is 0 Å². The fourth-order valence-corrected chi connectivity index (χ4v) is 2.85. The summed E-state index contributed by atoms with van der Waals surface area (Å²) in [6, 6.07) is 13.4. The second kappa shape index (κ2) is 5.56. The van der Waals surface area contributed by atoms with Crippen LogP contribution in [0.2, 0.25) is 0 Å². The molecule has 4 nitrogen and oxygen atoms in total. The van der Waals surface area contributed by atoms with Crippen molar-refractivity contribution in [3.8, 4) is 17.0 Å². The number of aryl methyl sites for hydroxylation is 1. The SMILES string of the molecule is CCn1c(-c2ccc(C=O)cc2)c(N)c2cc(OC)ccc21. The molecular weight excluding hydrogens is 276 g/mol. The molecule has 0 unspecified atom stereocenters. The van der Waals surface area contributed by atoms with Crippen LogP contribution in [0, 0.1) is 0 Å². The number of ether oxygens (including phenoxy) is 1. The van der Waals surface area contributed by atoms with Crippen LogP contribution < -0.4 is 10.5 Å². The second-order valence-corrected chi connectivity index (χ2v) is 5.13. The van der Waals surface area contributed by atoms with Crippen molar-refractivity contribution in [3.63, 3.8) is 0 Å². The van der Waals surface area contributed by atoms with E-state index in [1.807, 2.05) is 30.3 Å². The van der Waals surface area contributed by atoms with Crippen molar-refractivity contribution in [2.24, 2.45) is 0 Å². The highest BCUT2D eigenvalue weighted by molar-refractivity contribution is 6.01. The van der Waals surface area contributed by atoms with Gasteiger partial charge in [-0.05, 0) is 25.1 Å². The lowest BCUT2D eigenvalue weighted by atomic mass is 10.1. The summed E-state index contributed by atoms with van der Waals surface area (Å²) in [5.41, 5.74) is 10.8. The smallest absolute Gasteiger partial charge is 0.150 e. The number of anilines is 1. The van der Waals surface area contributed by atoms with Crippen molar-refractivity contribution in [1.82, 2.24) is 4.57 Å². The highest BCUT2D eigenvalue weighted by Gasteiger charge is 2.16. The third-order valence-electron chi connectivity index (χ3n) is 3.95. The maximum atomic E-state index is 10.8. The zero-order valence-electron chi connectivity index (χ0n) is 12.7. The Morgan fingerprint density at radius 3 is 2.50 bits per heavy atom. The van der Waals surface area contributed by atoms with Gasteiger partial charge in [-0.1, -0.05) is 24.3 Å². The minimum Gasteiger partial charge on any atom is -0.497 e. The summed E-state index contributed by atoms with van der Waals surface area (Å²) in [5, 5.41) is 0.982. The van der Waals surface area contributed by atoms with E-state index in [1.165, 1.54) is 0 Å². The minimum absolute atomic E-state index is 0.656. The lowest BCUT2D eigenvalue weighted by molar-refractivity contribution is 0.112. The predicted molar refractivity (Wildman–Crippen MR) is 89.4 cm³/mol. The van der Waals surface area contributed by atoms with Crippen LogP contribution >= 0.6 is 0 Å². The van der Waals surface area contributed by atoms with Gasteiger partial charge in [-0.3, -0.25) is 4.79 Å². The third kappa shape index (κ3) is 2.13. The molecule has 0 radical (unpaired) electrons. The van der Waals surface area contributed by atoms with Gasteiger partial charge < -0.3 is 15.0 Å². The molecule has 22 heavy (non-hydrogen) atoms. The molecule has 0 spiro atoms. The predicted octanol–water partition coefficient (Wildman–Crippen LogP) is 3.73. The maximum Gasteiger partial charge on any atom is 0.150 e. The molecule has 1 aromatic heterocycles. The molecule has 0 saturated heterocycles. The topological polar surface area (TPSA) is 57.2 Å². The molecular formula is C18H18N2O2. The van der Waals surface area contributed by atoms with Crippen LogP contribution in [0.4, 0.5) is 5.69 Å². The molecule has 0 aliphatic rings. The molecule has 0 fully saturated rings.